The van der Waals surface area contributed by atoms with E-state index in [9.17, 15) is 0 Å². The van der Waals surface area contributed by atoms with Crippen molar-refractivity contribution in [2.24, 2.45) is 0 Å². The van der Waals surface area contributed by atoms with Crippen molar-refractivity contribution in [2.75, 3.05) is 0 Å². The van der Waals surface area contributed by atoms with E-state index >= 15 is 0 Å². The fraction of sp³-hybridized carbons (Fsp3) is 0. The summed E-state index contributed by atoms with van der Waals surface area (Å²) in [5, 5.41) is 4.87. The highest BCUT2D eigenvalue weighted by molar-refractivity contribution is 6.19. The summed E-state index contributed by atoms with van der Waals surface area (Å²) in [7, 11) is 0. The van der Waals surface area contributed by atoms with Crippen molar-refractivity contribution in [1.82, 2.24) is 18.7 Å². The molecule has 0 amide bonds. The third-order valence-electron chi connectivity index (χ3n) is 11.8. The Kier molecular flexibility index (Phi) is 7.50. The second-order valence-corrected chi connectivity index (χ2v) is 15.2. The summed E-state index contributed by atoms with van der Waals surface area (Å²) in [6.07, 6.45) is 0. The summed E-state index contributed by atoms with van der Waals surface area (Å²) in [5.41, 5.74) is 15.9. The molecule has 0 N–H and O–H groups in total. The van der Waals surface area contributed by atoms with Crippen molar-refractivity contribution >= 4 is 54.6 Å². The van der Waals surface area contributed by atoms with Crippen molar-refractivity contribution in [1.29, 1.82) is 0 Å². The summed E-state index contributed by atoms with van der Waals surface area (Å²) >= 11 is 0. The van der Waals surface area contributed by atoms with Gasteiger partial charge >= 0.3 is 0 Å². The lowest BCUT2D eigenvalue weighted by atomic mass is 10.00. The fourth-order valence-corrected chi connectivity index (χ4v) is 9.12. The van der Waals surface area contributed by atoms with Gasteiger partial charge in [-0.25, -0.2) is 4.98 Å². The van der Waals surface area contributed by atoms with Crippen LogP contribution in [0.25, 0.3) is 105 Å². The number of rotatable bonds is 6. The smallest absolute Gasteiger partial charge is 0.145 e. The second-order valence-electron chi connectivity index (χ2n) is 15.2. The largest absolute Gasteiger partial charge is 0.309 e. The van der Waals surface area contributed by atoms with Crippen molar-refractivity contribution < 1.29 is 0 Å². The van der Waals surface area contributed by atoms with E-state index in [0.717, 1.165) is 45.0 Å². The second kappa shape index (κ2) is 13.3. The van der Waals surface area contributed by atoms with Crippen LogP contribution < -0.4 is 0 Å². The molecular weight excluding hydrogens is 717 g/mol. The van der Waals surface area contributed by atoms with Crippen molar-refractivity contribution in [3.05, 3.63) is 218 Å². The van der Waals surface area contributed by atoms with E-state index in [1.54, 1.807) is 0 Å². The van der Waals surface area contributed by atoms with E-state index in [2.05, 4.69) is 232 Å². The van der Waals surface area contributed by atoms with Gasteiger partial charge in [-0.15, -0.1) is 0 Å². The number of para-hydroxylation sites is 3. The van der Waals surface area contributed by atoms with Crippen molar-refractivity contribution in [3.63, 3.8) is 0 Å². The summed E-state index contributed by atoms with van der Waals surface area (Å²) in [5.74, 6) is 0.925. The molecule has 0 aliphatic carbocycles. The van der Waals surface area contributed by atoms with Crippen molar-refractivity contribution in [2.45, 2.75) is 0 Å². The minimum absolute atomic E-state index is 0.925. The van der Waals surface area contributed by atoms with Crippen LogP contribution in [0.3, 0.4) is 0 Å². The van der Waals surface area contributed by atoms with E-state index in [-0.39, 0.29) is 0 Å². The molecule has 59 heavy (non-hydrogen) atoms. The van der Waals surface area contributed by atoms with E-state index < -0.39 is 0 Å². The van der Waals surface area contributed by atoms with Gasteiger partial charge in [0.1, 0.15) is 5.82 Å². The number of fused-ring (bicyclic) bond motifs is 7. The summed E-state index contributed by atoms with van der Waals surface area (Å²) in [4.78, 5) is 5.31. The highest BCUT2D eigenvalue weighted by atomic mass is 15.1. The topological polar surface area (TPSA) is 27.7 Å². The lowest BCUT2D eigenvalue weighted by Gasteiger charge is -2.12. The molecule has 0 bridgehead atoms. The molecule has 0 saturated heterocycles. The Hall–Kier alpha value is -7.95. The first-order valence-electron chi connectivity index (χ1n) is 20.1. The predicted molar refractivity (Wildman–Crippen MR) is 246 cm³/mol. The molecule has 0 aliphatic heterocycles. The minimum Gasteiger partial charge on any atom is -0.309 e. The lowest BCUT2D eigenvalue weighted by Crippen LogP contribution is -1.97. The van der Waals surface area contributed by atoms with Crippen LogP contribution in [0.15, 0.2) is 218 Å². The third-order valence-corrected chi connectivity index (χ3v) is 11.8. The fourth-order valence-electron chi connectivity index (χ4n) is 9.12. The van der Waals surface area contributed by atoms with Crippen molar-refractivity contribution in [3.8, 4) is 50.7 Å². The van der Waals surface area contributed by atoms with Crippen LogP contribution >= 0.6 is 0 Å². The molecule has 0 saturated carbocycles. The minimum atomic E-state index is 0.925. The maximum absolute atomic E-state index is 5.31. The molecule has 0 unspecified atom stereocenters. The molecule has 276 valence electrons. The van der Waals surface area contributed by atoms with E-state index in [1.165, 1.54) is 60.3 Å². The first-order valence-corrected chi connectivity index (χ1v) is 20.1. The maximum Gasteiger partial charge on any atom is 0.145 e. The molecule has 0 aliphatic rings. The summed E-state index contributed by atoms with van der Waals surface area (Å²) in [6, 6.07) is 78.5. The lowest BCUT2D eigenvalue weighted by molar-refractivity contribution is 1.10. The Morgan fingerprint density at radius 2 is 0.729 bits per heavy atom. The first kappa shape index (κ1) is 33.2. The average molecular weight is 753 g/mol. The average Bonchev–Trinajstić information content (AvgIpc) is 3.96. The molecule has 0 spiro atoms. The van der Waals surface area contributed by atoms with Gasteiger partial charge in [0.15, 0.2) is 0 Å². The predicted octanol–water partition coefficient (Wildman–Crippen LogP) is 14.2. The van der Waals surface area contributed by atoms with Crippen LogP contribution in [0.1, 0.15) is 0 Å². The Labute approximate surface area is 341 Å². The Morgan fingerprint density at radius 3 is 1.36 bits per heavy atom. The summed E-state index contributed by atoms with van der Waals surface area (Å²) in [6.45, 7) is 0. The highest BCUT2D eigenvalue weighted by Gasteiger charge is 2.20. The maximum atomic E-state index is 5.31. The molecule has 9 aromatic carbocycles. The van der Waals surface area contributed by atoms with Crippen LogP contribution in [-0.2, 0) is 0 Å². The molecule has 12 aromatic rings. The zero-order valence-electron chi connectivity index (χ0n) is 32.1. The number of imidazole rings is 1. The van der Waals surface area contributed by atoms with Gasteiger partial charge < -0.3 is 9.13 Å². The number of nitrogens with zero attached hydrogens (tertiary/aromatic N) is 4. The molecule has 12 rings (SSSR count). The van der Waals surface area contributed by atoms with Crippen LogP contribution in [0.5, 0.6) is 0 Å². The van der Waals surface area contributed by atoms with Crippen LogP contribution in [0.2, 0.25) is 0 Å². The number of hydrogen-bond donors (Lipinski definition) is 0. The third kappa shape index (κ3) is 5.34. The van der Waals surface area contributed by atoms with E-state index in [1.807, 2.05) is 0 Å². The van der Waals surface area contributed by atoms with Gasteiger partial charge in [-0.2, -0.15) is 0 Å². The quantitative estimate of drug-likeness (QED) is 0.166. The van der Waals surface area contributed by atoms with E-state index in [0.29, 0.717) is 0 Å². The normalized spacial score (nSPS) is 11.7. The first-order chi connectivity index (χ1) is 29.3. The number of hydrogen-bond acceptors (Lipinski definition) is 1. The molecule has 0 atom stereocenters. The Balaban J connectivity index is 1.04. The zero-order valence-corrected chi connectivity index (χ0v) is 32.1. The highest BCUT2D eigenvalue weighted by Crippen LogP contribution is 2.41. The number of benzene rings is 9. The van der Waals surface area contributed by atoms with Gasteiger partial charge in [0.25, 0.3) is 0 Å². The Morgan fingerprint density at radius 1 is 0.254 bits per heavy atom. The van der Waals surface area contributed by atoms with Gasteiger partial charge in [0.2, 0.25) is 0 Å². The number of aromatic nitrogens is 4. The molecule has 3 heterocycles. The zero-order chi connectivity index (χ0) is 38.9. The van der Waals surface area contributed by atoms with Crippen LogP contribution in [0, 0.1) is 0 Å². The molecule has 0 fully saturated rings. The van der Waals surface area contributed by atoms with Crippen LogP contribution in [0.4, 0.5) is 0 Å². The molecule has 4 heteroatoms. The summed E-state index contributed by atoms with van der Waals surface area (Å²) < 4.78 is 7.12. The van der Waals surface area contributed by atoms with Gasteiger partial charge in [0, 0.05) is 44.2 Å². The molecule has 3 aromatic heterocycles. The molecule has 0 radical (unpaired) electrons. The molecular formula is C55H36N4. The van der Waals surface area contributed by atoms with E-state index in [4.69, 9.17) is 4.98 Å². The van der Waals surface area contributed by atoms with Crippen LogP contribution in [-0.4, -0.2) is 18.7 Å². The van der Waals surface area contributed by atoms with Gasteiger partial charge in [-0.3, -0.25) is 4.57 Å². The standard InChI is InChI=1S/C55H36N4/c1-4-15-37(16-5-1)38-27-29-39(30-28-38)41-19-14-22-43(33-41)57-50-25-12-10-23-45(50)47-36-54-48(35-53(47)57)46-24-11-13-26-51(46)58(54)44-31-32-52-49(34-44)56-55(40-17-6-2-7-18-40)59(52)42-20-8-3-9-21-42/h1-36H. The van der Waals surface area contributed by atoms with Gasteiger partial charge in [-0.05, 0) is 89.0 Å². The Bertz CT molecular complexity index is 3520. The monoisotopic (exact) mass is 752 g/mol. The van der Waals surface area contributed by atoms with Gasteiger partial charge in [-0.1, -0.05) is 152 Å². The van der Waals surface area contributed by atoms with Gasteiger partial charge in [0.05, 0.1) is 33.1 Å². The SMILES string of the molecule is c1ccc(-c2ccc(-c3cccc(-n4c5ccccc5c5cc6c(cc54)c4ccccc4n6-c4ccc5c(c4)nc(-c4ccccc4)n5-c4ccccc4)c3)cc2)cc1. The molecule has 4 nitrogen and oxygen atoms in total.